The van der Waals surface area contributed by atoms with Crippen LogP contribution in [0.5, 0.6) is 0 Å². The quantitative estimate of drug-likeness (QED) is 0.548. The van der Waals surface area contributed by atoms with Gasteiger partial charge in [0.15, 0.2) is 0 Å². The van der Waals surface area contributed by atoms with Crippen molar-refractivity contribution >= 4 is 0 Å². The standard InChI is InChI=1S/C9H13F2N/c1-4-12-6-9(10,11)5-8(12)7(2)3/h1,7-8H,5-6H2,2-3H3. The first kappa shape index (κ1) is 9.31. The highest BCUT2D eigenvalue weighted by Gasteiger charge is 2.45. The maximum absolute atomic E-state index is 12.9. The van der Waals surface area contributed by atoms with Crippen molar-refractivity contribution in [2.45, 2.75) is 32.2 Å². The van der Waals surface area contributed by atoms with Crippen LogP contribution in [0.4, 0.5) is 8.78 Å². The molecular weight excluding hydrogens is 160 g/mol. The number of likely N-dealkylation sites (tertiary alicyclic amines) is 1. The summed E-state index contributed by atoms with van der Waals surface area (Å²) in [6.07, 6.45) is 5.02. The molecule has 0 aromatic rings. The molecule has 1 fully saturated rings. The first-order chi connectivity index (χ1) is 5.46. The zero-order chi connectivity index (χ0) is 9.35. The van der Waals surface area contributed by atoms with Crippen LogP contribution in [-0.2, 0) is 0 Å². The molecule has 1 rings (SSSR count). The van der Waals surface area contributed by atoms with E-state index in [9.17, 15) is 8.78 Å². The Balaban J connectivity index is 2.71. The molecule has 0 aliphatic carbocycles. The van der Waals surface area contributed by atoms with Gasteiger partial charge in [-0.15, -0.1) is 0 Å². The highest BCUT2D eigenvalue weighted by atomic mass is 19.3. The Hall–Kier alpha value is -0.780. The predicted molar refractivity (Wildman–Crippen MR) is 43.7 cm³/mol. The normalized spacial score (nSPS) is 27.7. The summed E-state index contributed by atoms with van der Waals surface area (Å²) in [4.78, 5) is 1.41. The molecule has 0 N–H and O–H groups in total. The number of alkyl halides is 2. The Bertz CT molecular complexity index is 205. The fraction of sp³-hybridized carbons (Fsp3) is 0.778. The average Bonchev–Trinajstić information content (AvgIpc) is 2.25. The Kier molecular flexibility index (Phi) is 2.27. The smallest absolute Gasteiger partial charge is 0.267 e. The lowest BCUT2D eigenvalue weighted by atomic mass is 10.0. The monoisotopic (exact) mass is 173 g/mol. The number of rotatable bonds is 1. The van der Waals surface area contributed by atoms with E-state index in [1.807, 2.05) is 13.8 Å². The summed E-state index contributed by atoms with van der Waals surface area (Å²) in [7, 11) is 0. The molecule has 1 saturated heterocycles. The van der Waals surface area contributed by atoms with Crippen molar-refractivity contribution in [2.75, 3.05) is 6.54 Å². The van der Waals surface area contributed by atoms with Crippen LogP contribution in [0, 0.1) is 18.4 Å². The molecule has 1 aliphatic heterocycles. The van der Waals surface area contributed by atoms with Gasteiger partial charge in [-0.2, -0.15) is 0 Å². The van der Waals surface area contributed by atoms with E-state index in [-0.39, 0.29) is 24.9 Å². The summed E-state index contributed by atoms with van der Waals surface area (Å²) in [6, 6.07) is 2.14. The molecule has 0 aromatic heterocycles. The van der Waals surface area contributed by atoms with E-state index in [4.69, 9.17) is 6.42 Å². The lowest BCUT2D eigenvalue weighted by molar-refractivity contribution is 0.0154. The van der Waals surface area contributed by atoms with Gasteiger partial charge in [-0.05, 0) is 5.92 Å². The summed E-state index contributed by atoms with van der Waals surface area (Å²) in [6.45, 7) is 3.54. The van der Waals surface area contributed by atoms with Crippen LogP contribution in [0.15, 0.2) is 0 Å². The molecule has 0 saturated carbocycles. The van der Waals surface area contributed by atoms with E-state index in [0.29, 0.717) is 0 Å². The van der Waals surface area contributed by atoms with Crippen molar-refractivity contribution in [1.29, 1.82) is 0 Å². The third-order valence-electron chi connectivity index (χ3n) is 2.25. The summed E-state index contributed by atoms with van der Waals surface area (Å²) in [5, 5.41) is 0. The fourth-order valence-electron chi connectivity index (χ4n) is 1.58. The zero-order valence-corrected chi connectivity index (χ0v) is 7.35. The highest BCUT2D eigenvalue weighted by Crippen LogP contribution is 2.34. The molecule has 0 amide bonds. The van der Waals surface area contributed by atoms with E-state index < -0.39 is 5.92 Å². The van der Waals surface area contributed by atoms with Gasteiger partial charge in [0.25, 0.3) is 5.92 Å². The third kappa shape index (κ3) is 1.69. The van der Waals surface area contributed by atoms with Gasteiger partial charge in [-0.25, -0.2) is 8.78 Å². The summed E-state index contributed by atoms with van der Waals surface area (Å²) < 4.78 is 25.7. The molecule has 0 radical (unpaired) electrons. The molecule has 1 nitrogen and oxygen atoms in total. The second kappa shape index (κ2) is 2.93. The minimum atomic E-state index is -2.60. The van der Waals surface area contributed by atoms with Gasteiger partial charge >= 0.3 is 0 Å². The summed E-state index contributed by atoms with van der Waals surface area (Å²) in [5.41, 5.74) is 0. The van der Waals surface area contributed by atoms with Gasteiger partial charge in [-0.3, -0.25) is 0 Å². The molecule has 0 aromatic carbocycles. The molecule has 0 bridgehead atoms. The molecule has 1 atom stereocenters. The number of hydrogen-bond acceptors (Lipinski definition) is 1. The first-order valence-corrected chi connectivity index (χ1v) is 4.07. The Labute approximate surface area is 71.7 Å². The van der Waals surface area contributed by atoms with Crippen LogP contribution in [0.3, 0.4) is 0 Å². The van der Waals surface area contributed by atoms with Crippen LogP contribution >= 0.6 is 0 Å². The number of terminal acetylenes is 1. The predicted octanol–water partition coefficient (Wildman–Crippen LogP) is 1.94. The van der Waals surface area contributed by atoms with E-state index in [1.165, 1.54) is 4.90 Å². The van der Waals surface area contributed by atoms with Crippen molar-refractivity contribution in [3.05, 3.63) is 0 Å². The second-order valence-corrected chi connectivity index (χ2v) is 3.63. The Morgan fingerprint density at radius 3 is 2.50 bits per heavy atom. The fourth-order valence-corrected chi connectivity index (χ4v) is 1.58. The maximum Gasteiger partial charge on any atom is 0.267 e. The van der Waals surface area contributed by atoms with Crippen molar-refractivity contribution < 1.29 is 8.78 Å². The number of nitrogens with zero attached hydrogens (tertiary/aromatic N) is 1. The lowest BCUT2D eigenvalue weighted by Gasteiger charge is -2.22. The van der Waals surface area contributed by atoms with Gasteiger partial charge in [0.1, 0.15) is 0 Å². The lowest BCUT2D eigenvalue weighted by Crippen LogP contribution is -2.29. The highest BCUT2D eigenvalue weighted by molar-refractivity contribution is 5.01. The molecule has 1 aliphatic rings. The van der Waals surface area contributed by atoms with Crippen molar-refractivity contribution in [1.82, 2.24) is 4.90 Å². The van der Waals surface area contributed by atoms with E-state index in [0.717, 1.165) is 0 Å². The second-order valence-electron chi connectivity index (χ2n) is 3.63. The van der Waals surface area contributed by atoms with Gasteiger partial charge in [0.05, 0.1) is 6.54 Å². The van der Waals surface area contributed by atoms with Gasteiger partial charge in [-0.1, -0.05) is 20.3 Å². The van der Waals surface area contributed by atoms with Crippen molar-refractivity contribution in [3.8, 4) is 12.5 Å². The minimum Gasteiger partial charge on any atom is -0.323 e. The van der Waals surface area contributed by atoms with Gasteiger partial charge in [0, 0.05) is 18.5 Å². The summed E-state index contributed by atoms with van der Waals surface area (Å²) >= 11 is 0. The van der Waals surface area contributed by atoms with Crippen LogP contribution < -0.4 is 0 Å². The molecule has 1 heterocycles. The number of hydrogen-bond donors (Lipinski definition) is 0. The zero-order valence-electron chi connectivity index (χ0n) is 7.35. The third-order valence-corrected chi connectivity index (χ3v) is 2.25. The molecule has 1 unspecified atom stereocenters. The maximum atomic E-state index is 12.9. The molecule has 68 valence electrons. The SMILES string of the molecule is C#CN1CC(F)(F)CC1C(C)C. The molecular formula is C9H13F2N. The van der Waals surface area contributed by atoms with Crippen LogP contribution in [-0.4, -0.2) is 23.4 Å². The van der Waals surface area contributed by atoms with Gasteiger partial charge < -0.3 is 4.90 Å². The van der Waals surface area contributed by atoms with E-state index in [1.54, 1.807) is 0 Å². The van der Waals surface area contributed by atoms with Crippen molar-refractivity contribution in [2.24, 2.45) is 5.92 Å². The molecule has 0 spiro atoms. The Morgan fingerprint density at radius 2 is 2.17 bits per heavy atom. The van der Waals surface area contributed by atoms with Crippen LogP contribution in [0.25, 0.3) is 0 Å². The average molecular weight is 173 g/mol. The van der Waals surface area contributed by atoms with E-state index in [2.05, 4.69) is 6.04 Å². The van der Waals surface area contributed by atoms with Crippen LogP contribution in [0.1, 0.15) is 20.3 Å². The van der Waals surface area contributed by atoms with Crippen LogP contribution in [0.2, 0.25) is 0 Å². The van der Waals surface area contributed by atoms with E-state index >= 15 is 0 Å². The van der Waals surface area contributed by atoms with Crippen molar-refractivity contribution in [3.63, 3.8) is 0 Å². The molecule has 12 heavy (non-hydrogen) atoms. The Morgan fingerprint density at radius 1 is 1.58 bits per heavy atom. The van der Waals surface area contributed by atoms with Gasteiger partial charge in [0.2, 0.25) is 0 Å². The largest absolute Gasteiger partial charge is 0.323 e. The molecule has 3 heteroatoms. The number of halogens is 2. The minimum absolute atomic E-state index is 0.102. The topological polar surface area (TPSA) is 3.24 Å². The summed E-state index contributed by atoms with van der Waals surface area (Å²) in [5.74, 6) is -2.41. The first-order valence-electron chi connectivity index (χ1n) is 4.07.